The van der Waals surface area contributed by atoms with Crippen LogP contribution in [0.3, 0.4) is 0 Å². The molecule has 3 rings (SSSR count). The van der Waals surface area contributed by atoms with E-state index in [4.69, 9.17) is 14.2 Å². The highest BCUT2D eigenvalue weighted by atomic mass is 16.5. The van der Waals surface area contributed by atoms with Crippen LogP contribution in [0, 0.1) is 0 Å². The topological polar surface area (TPSA) is 111 Å². The third kappa shape index (κ3) is 4.26. The zero-order valence-corrected chi connectivity index (χ0v) is 15.6. The third-order valence-corrected chi connectivity index (χ3v) is 3.85. The van der Waals surface area contributed by atoms with Crippen molar-refractivity contribution in [3.8, 4) is 28.5 Å². The lowest BCUT2D eigenvalue weighted by Crippen LogP contribution is -2.15. The van der Waals surface area contributed by atoms with Crippen molar-refractivity contribution >= 4 is 12.2 Å². The van der Waals surface area contributed by atoms with Crippen LogP contribution < -0.4 is 25.2 Å². The molecule has 0 aliphatic carbocycles. The van der Waals surface area contributed by atoms with Crippen LogP contribution in [0.4, 0.5) is 5.95 Å². The number of benzene rings is 2. The highest BCUT2D eigenvalue weighted by Crippen LogP contribution is 2.26. The molecule has 0 unspecified atom stereocenters. The van der Waals surface area contributed by atoms with Crippen LogP contribution in [0.5, 0.6) is 17.2 Å². The summed E-state index contributed by atoms with van der Waals surface area (Å²) in [5.74, 6) is 2.02. The number of methoxy groups -OCH3 is 3. The number of H-pyrrole nitrogens is 1. The summed E-state index contributed by atoms with van der Waals surface area (Å²) >= 11 is 0. The maximum Gasteiger partial charge on any atom is 0.279 e. The summed E-state index contributed by atoms with van der Waals surface area (Å²) in [6.45, 7) is 0. The molecule has 0 fully saturated rings. The first kappa shape index (κ1) is 18.9. The number of ether oxygens (including phenoxy) is 3. The maximum atomic E-state index is 12.3. The van der Waals surface area contributed by atoms with Crippen LogP contribution in [0.1, 0.15) is 5.56 Å². The molecule has 144 valence electrons. The molecular formula is C19H19N5O4. The molecule has 1 aromatic heterocycles. The largest absolute Gasteiger partial charge is 0.497 e. The average molecular weight is 381 g/mol. The summed E-state index contributed by atoms with van der Waals surface area (Å²) in [4.78, 5) is 14.9. The van der Waals surface area contributed by atoms with E-state index in [1.54, 1.807) is 63.9 Å². The normalized spacial score (nSPS) is 10.7. The number of nitrogens with zero attached hydrogens (tertiary/aromatic N) is 3. The minimum Gasteiger partial charge on any atom is -0.497 e. The van der Waals surface area contributed by atoms with Crippen molar-refractivity contribution in [2.45, 2.75) is 0 Å². The van der Waals surface area contributed by atoms with Crippen molar-refractivity contribution in [3.05, 3.63) is 58.4 Å². The van der Waals surface area contributed by atoms with E-state index in [0.717, 1.165) is 5.56 Å². The molecule has 0 radical (unpaired) electrons. The molecular weight excluding hydrogens is 362 g/mol. The number of anilines is 1. The molecule has 0 aliphatic rings. The fourth-order valence-corrected chi connectivity index (χ4v) is 2.43. The molecule has 0 bridgehead atoms. The van der Waals surface area contributed by atoms with Crippen molar-refractivity contribution in [2.24, 2.45) is 5.10 Å². The van der Waals surface area contributed by atoms with Gasteiger partial charge in [-0.15, -0.1) is 10.2 Å². The van der Waals surface area contributed by atoms with Crippen LogP contribution in [0.15, 0.2) is 52.4 Å². The Kier molecular flexibility index (Phi) is 5.85. The van der Waals surface area contributed by atoms with Crippen molar-refractivity contribution < 1.29 is 14.2 Å². The number of hydrazone groups is 1. The smallest absolute Gasteiger partial charge is 0.279 e. The van der Waals surface area contributed by atoms with Gasteiger partial charge in [0.1, 0.15) is 5.75 Å². The van der Waals surface area contributed by atoms with Gasteiger partial charge in [0.05, 0.1) is 27.5 Å². The lowest BCUT2D eigenvalue weighted by Gasteiger charge is -2.07. The summed E-state index contributed by atoms with van der Waals surface area (Å²) in [7, 11) is 4.70. The third-order valence-electron chi connectivity index (χ3n) is 3.85. The van der Waals surface area contributed by atoms with Gasteiger partial charge in [-0.3, -0.25) is 9.78 Å². The van der Waals surface area contributed by atoms with E-state index in [1.807, 2.05) is 6.07 Å². The Morgan fingerprint density at radius 2 is 1.71 bits per heavy atom. The monoisotopic (exact) mass is 381 g/mol. The first-order valence-electron chi connectivity index (χ1n) is 8.27. The Labute approximate surface area is 161 Å². The minimum absolute atomic E-state index is 0.124. The summed E-state index contributed by atoms with van der Waals surface area (Å²) < 4.78 is 15.5. The quantitative estimate of drug-likeness (QED) is 0.477. The standard InChI is InChI=1S/C19H19N5O4/c1-26-14-7-5-13(6-8-14)17-18(25)21-19(24-22-17)23-20-11-12-4-9-15(27-2)16(10-12)28-3/h4-11H,1-3H3,(H2,21,23,24,25)/b20-11+. The van der Waals surface area contributed by atoms with E-state index in [9.17, 15) is 4.79 Å². The predicted octanol–water partition coefficient (Wildman–Crippen LogP) is 2.30. The lowest BCUT2D eigenvalue weighted by molar-refractivity contribution is 0.355. The molecule has 2 N–H and O–H groups in total. The Hall–Kier alpha value is -3.88. The number of nitrogens with one attached hydrogen (secondary N) is 2. The molecule has 28 heavy (non-hydrogen) atoms. The van der Waals surface area contributed by atoms with Crippen molar-refractivity contribution in [2.75, 3.05) is 26.8 Å². The summed E-state index contributed by atoms with van der Waals surface area (Å²) in [5, 5.41) is 12.0. The van der Waals surface area contributed by atoms with E-state index < -0.39 is 0 Å². The van der Waals surface area contributed by atoms with E-state index in [2.05, 4.69) is 25.7 Å². The number of aromatic nitrogens is 3. The van der Waals surface area contributed by atoms with Gasteiger partial charge in [-0.05, 0) is 48.0 Å². The Balaban J connectivity index is 1.72. The minimum atomic E-state index is -0.385. The van der Waals surface area contributed by atoms with Gasteiger partial charge in [-0.1, -0.05) is 0 Å². The fourth-order valence-electron chi connectivity index (χ4n) is 2.43. The van der Waals surface area contributed by atoms with Crippen LogP contribution in [-0.2, 0) is 0 Å². The van der Waals surface area contributed by atoms with Crippen LogP contribution in [0.2, 0.25) is 0 Å². The van der Waals surface area contributed by atoms with Crippen LogP contribution in [-0.4, -0.2) is 42.7 Å². The maximum absolute atomic E-state index is 12.3. The van der Waals surface area contributed by atoms with Gasteiger partial charge in [0, 0.05) is 5.56 Å². The van der Waals surface area contributed by atoms with Gasteiger partial charge in [0.2, 0.25) is 5.95 Å². The lowest BCUT2D eigenvalue weighted by atomic mass is 10.1. The predicted molar refractivity (Wildman–Crippen MR) is 105 cm³/mol. The molecule has 0 saturated carbocycles. The molecule has 0 aliphatic heterocycles. The number of hydrogen-bond donors (Lipinski definition) is 2. The Morgan fingerprint density at radius 1 is 0.964 bits per heavy atom. The molecule has 0 saturated heterocycles. The highest BCUT2D eigenvalue weighted by molar-refractivity contribution is 5.81. The van der Waals surface area contributed by atoms with E-state index >= 15 is 0 Å². The molecule has 9 heteroatoms. The first-order valence-corrected chi connectivity index (χ1v) is 8.27. The number of rotatable bonds is 7. The van der Waals surface area contributed by atoms with E-state index in [-0.39, 0.29) is 17.2 Å². The van der Waals surface area contributed by atoms with Crippen molar-refractivity contribution in [1.29, 1.82) is 0 Å². The Morgan fingerprint density at radius 3 is 2.36 bits per heavy atom. The van der Waals surface area contributed by atoms with Gasteiger partial charge in [-0.25, -0.2) is 5.43 Å². The zero-order valence-electron chi connectivity index (χ0n) is 15.6. The van der Waals surface area contributed by atoms with Crippen molar-refractivity contribution in [1.82, 2.24) is 15.2 Å². The summed E-state index contributed by atoms with van der Waals surface area (Å²) in [6, 6.07) is 12.3. The van der Waals surface area contributed by atoms with E-state index in [0.29, 0.717) is 22.8 Å². The number of hydrogen-bond acceptors (Lipinski definition) is 8. The molecule has 0 amide bonds. The van der Waals surface area contributed by atoms with Gasteiger partial charge < -0.3 is 14.2 Å². The molecule has 0 spiro atoms. The Bertz CT molecular complexity index is 1030. The highest BCUT2D eigenvalue weighted by Gasteiger charge is 2.08. The second-order valence-electron chi connectivity index (χ2n) is 5.56. The van der Waals surface area contributed by atoms with Gasteiger partial charge in [-0.2, -0.15) is 5.10 Å². The van der Waals surface area contributed by atoms with Crippen molar-refractivity contribution in [3.63, 3.8) is 0 Å². The second-order valence-corrected chi connectivity index (χ2v) is 5.56. The summed E-state index contributed by atoms with van der Waals surface area (Å²) in [5.41, 5.74) is 3.87. The van der Waals surface area contributed by atoms with Crippen LogP contribution in [0.25, 0.3) is 11.3 Å². The first-order chi connectivity index (χ1) is 13.6. The molecule has 2 aromatic carbocycles. The average Bonchev–Trinajstić information content (AvgIpc) is 2.74. The van der Waals surface area contributed by atoms with Gasteiger partial charge in [0.25, 0.3) is 5.56 Å². The molecule has 0 atom stereocenters. The summed E-state index contributed by atoms with van der Waals surface area (Å²) in [6.07, 6.45) is 1.55. The molecule has 3 aromatic rings. The zero-order chi connectivity index (χ0) is 19.9. The molecule has 9 nitrogen and oxygen atoms in total. The van der Waals surface area contributed by atoms with E-state index in [1.165, 1.54) is 0 Å². The van der Waals surface area contributed by atoms with Gasteiger partial charge >= 0.3 is 0 Å². The molecule has 1 heterocycles. The SMILES string of the molecule is COc1ccc(-c2nnc(N/N=C/c3ccc(OC)c(OC)c3)[nH]c2=O)cc1. The number of aromatic amines is 1. The van der Waals surface area contributed by atoms with Gasteiger partial charge in [0.15, 0.2) is 17.2 Å². The van der Waals surface area contributed by atoms with Crippen LogP contribution >= 0.6 is 0 Å². The fraction of sp³-hybridized carbons (Fsp3) is 0.158. The second kappa shape index (κ2) is 8.67.